The molecule has 0 radical (unpaired) electrons. The third-order valence-electron chi connectivity index (χ3n) is 2.70. The normalized spacial score (nSPS) is 10.5. The summed E-state index contributed by atoms with van der Waals surface area (Å²) in [4.78, 5) is 15.3. The van der Waals surface area contributed by atoms with E-state index in [2.05, 4.69) is 10.1 Å². The van der Waals surface area contributed by atoms with Crippen molar-refractivity contribution < 1.29 is 19.2 Å². The number of hydrogen-bond donors (Lipinski definition) is 1. The topological polar surface area (TPSA) is 85.5 Å². The van der Waals surface area contributed by atoms with Gasteiger partial charge in [0, 0.05) is 6.42 Å². The lowest BCUT2D eigenvalue weighted by molar-refractivity contribution is 0.0691. The minimum Gasteiger partial charge on any atom is -0.485 e. The van der Waals surface area contributed by atoms with Crippen molar-refractivity contribution in [2.24, 2.45) is 0 Å². The summed E-state index contributed by atoms with van der Waals surface area (Å²) < 4.78 is 10.5. The zero-order valence-corrected chi connectivity index (χ0v) is 11.4. The Morgan fingerprint density at radius 1 is 1.45 bits per heavy atom. The predicted molar refractivity (Wildman–Crippen MR) is 70.8 cm³/mol. The SMILES string of the molecule is CCCc1nc(COc2cc(C)ccc2C(=O)O)no1. The molecule has 1 aromatic heterocycles. The molecule has 0 spiro atoms. The summed E-state index contributed by atoms with van der Waals surface area (Å²) in [7, 11) is 0. The van der Waals surface area contributed by atoms with E-state index >= 15 is 0 Å². The van der Waals surface area contributed by atoms with E-state index in [0.717, 1.165) is 18.4 Å². The molecule has 0 aliphatic carbocycles. The fraction of sp³-hybridized carbons (Fsp3) is 0.357. The second-order valence-corrected chi connectivity index (χ2v) is 4.45. The molecule has 6 nitrogen and oxygen atoms in total. The second kappa shape index (κ2) is 6.18. The quantitative estimate of drug-likeness (QED) is 0.872. The molecule has 2 aromatic rings. The summed E-state index contributed by atoms with van der Waals surface area (Å²) in [6, 6.07) is 4.92. The van der Waals surface area contributed by atoms with Crippen molar-refractivity contribution in [3.63, 3.8) is 0 Å². The molecular formula is C14H16N2O4. The van der Waals surface area contributed by atoms with Gasteiger partial charge in [0.05, 0.1) is 0 Å². The Morgan fingerprint density at radius 2 is 2.25 bits per heavy atom. The first kappa shape index (κ1) is 14.0. The van der Waals surface area contributed by atoms with Gasteiger partial charge in [-0.15, -0.1) is 0 Å². The summed E-state index contributed by atoms with van der Waals surface area (Å²) in [6.45, 7) is 3.97. The van der Waals surface area contributed by atoms with Crippen LogP contribution in [0.15, 0.2) is 22.7 Å². The van der Waals surface area contributed by atoms with Crippen LogP contribution in [0, 0.1) is 6.92 Å². The lowest BCUT2D eigenvalue weighted by Crippen LogP contribution is -2.04. The number of hydrogen-bond acceptors (Lipinski definition) is 5. The number of aryl methyl sites for hydroxylation is 2. The Balaban J connectivity index is 2.09. The Kier molecular flexibility index (Phi) is 4.34. The summed E-state index contributed by atoms with van der Waals surface area (Å²) >= 11 is 0. The molecule has 0 unspecified atom stereocenters. The van der Waals surface area contributed by atoms with Gasteiger partial charge in [-0.05, 0) is 31.0 Å². The highest BCUT2D eigenvalue weighted by atomic mass is 16.5. The number of carboxylic acids is 1. The van der Waals surface area contributed by atoms with E-state index in [0.29, 0.717) is 17.5 Å². The molecule has 0 saturated carbocycles. The van der Waals surface area contributed by atoms with Gasteiger partial charge in [-0.25, -0.2) is 4.79 Å². The third kappa shape index (κ3) is 3.34. The molecule has 1 heterocycles. The van der Waals surface area contributed by atoms with Crippen molar-refractivity contribution in [3.8, 4) is 5.75 Å². The van der Waals surface area contributed by atoms with Gasteiger partial charge in [-0.3, -0.25) is 0 Å². The molecule has 0 aliphatic rings. The fourth-order valence-corrected chi connectivity index (χ4v) is 1.73. The molecule has 0 aliphatic heterocycles. The summed E-state index contributed by atoms with van der Waals surface area (Å²) in [5.41, 5.74) is 1.04. The molecule has 106 valence electrons. The molecule has 20 heavy (non-hydrogen) atoms. The number of carboxylic acid groups (broad SMARTS) is 1. The average Bonchev–Trinajstić information content (AvgIpc) is 2.84. The number of benzene rings is 1. The van der Waals surface area contributed by atoms with Crippen LogP contribution in [-0.4, -0.2) is 21.2 Å². The molecule has 1 N–H and O–H groups in total. The third-order valence-corrected chi connectivity index (χ3v) is 2.70. The van der Waals surface area contributed by atoms with Crippen molar-refractivity contribution >= 4 is 5.97 Å². The Morgan fingerprint density at radius 3 is 2.95 bits per heavy atom. The van der Waals surface area contributed by atoms with Gasteiger partial charge in [0.1, 0.15) is 11.3 Å². The van der Waals surface area contributed by atoms with E-state index < -0.39 is 5.97 Å². The van der Waals surface area contributed by atoms with E-state index in [4.69, 9.17) is 14.4 Å². The maximum Gasteiger partial charge on any atom is 0.339 e. The molecule has 1 aromatic carbocycles. The van der Waals surface area contributed by atoms with E-state index in [1.54, 1.807) is 12.1 Å². The van der Waals surface area contributed by atoms with Crippen molar-refractivity contribution in [3.05, 3.63) is 41.0 Å². The van der Waals surface area contributed by atoms with E-state index in [1.165, 1.54) is 6.07 Å². The molecular weight excluding hydrogens is 260 g/mol. The van der Waals surface area contributed by atoms with Crippen LogP contribution in [0.2, 0.25) is 0 Å². The first-order valence-corrected chi connectivity index (χ1v) is 6.38. The smallest absolute Gasteiger partial charge is 0.339 e. The summed E-state index contributed by atoms with van der Waals surface area (Å²) in [6.07, 6.45) is 1.64. The van der Waals surface area contributed by atoms with Crippen LogP contribution in [0.1, 0.15) is 41.0 Å². The van der Waals surface area contributed by atoms with Gasteiger partial charge < -0.3 is 14.4 Å². The molecule has 0 amide bonds. The fourth-order valence-electron chi connectivity index (χ4n) is 1.73. The highest BCUT2D eigenvalue weighted by Gasteiger charge is 2.13. The molecule has 0 fully saturated rings. The Bertz CT molecular complexity index is 607. The van der Waals surface area contributed by atoms with Gasteiger partial charge in [0.15, 0.2) is 6.61 Å². The average molecular weight is 276 g/mol. The van der Waals surface area contributed by atoms with Gasteiger partial charge in [-0.1, -0.05) is 18.1 Å². The molecule has 2 rings (SSSR count). The second-order valence-electron chi connectivity index (χ2n) is 4.45. The highest BCUT2D eigenvalue weighted by molar-refractivity contribution is 5.90. The standard InChI is InChI=1S/C14H16N2O4/c1-3-4-13-15-12(16-20-13)8-19-11-7-9(2)5-6-10(11)14(17)18/h5-7H,3-4,8H2,1-2H3,(H,17,18). The van der Waals surface area contributed by atoms with Crippen LogP contribution in [0.4, 0.5) is 0 Å². The maximum absolute atomic E-state index is 11.1. The first-order valence-electron chi connectivity index (χ1n) is 6.38. The molecule has 0 bridgehead atoms. The zero-order chi connectivity index (χ0) is 14.5. The lowest BCUT2D eigenvalue weighted by atomic mass is 10.1. The Labute approximate surface area is 116 Å². The van der Waals surface area contributed by atoms with Crippen LogP contribution >= 0.6 is 0 Å². The van der Waals surface area contributed by atoms with Crippen molar-refractivity contribution in [2.45, 2.75) is 33.3 Å². The van der Waals surface area contributed by atoms with Crippen LogP contribution < -0.4 is 4.74 Å². The summed E-state index contributed by atoms with van der Waals surface area (Å²) in [5.74, 6) is 0.249. The van der Waals surface area contributed by atoms with Gasteiger partial charge in [-0.2, -0.15) is 4.98 Å². The Hall–Kier alpha value is -2.37. The predicted octanol–water partition coefficient (Wildman–Crippen LogP) is 2.61. The van der Waals surface area contributed by atoms with Crippen molar-refractivity contribution in [1.29, 1.82) is 0 Å². The highest BCUT2D eigenvalue weighted by Crippen LogP contribution is 2.21. The van der Waals surface area contributed by atoms with Crippen molar-refractivity contribution in [2.75, 3.05) is 0 Å². The van der Waals surface area contributed by atoms with Gasteiger partial charge in [0.25, 0.3) is 0 Å². The van der Waals surface area contributed by atoms with Gasteiger partial charge in [0.2, 0.25) is 11.7 Å². The number of aromatic nitrogens is 2. The van der Waals surface area contributed by atoms with Crippen LogP contribution in [-0.2, 0) is 13.0 Å². The largest absolute Gasteiger partial charge is 0.485 e. The number of rotatable bonds is 6. The van der Waals surface area contributed by atoms with Crippen LogP contribution in [0.5, 0.6) is 5.75 Å². The first-order chi connectivity index (χ1) is 9.60. The number of ether oxygens (including phenoxy) is 1. The minimum atomic E-state index is -1.03. The minimum absolute atomic E-state index is 0.0803. The van der Waals surface area contributed by atoms with E-state index in [-0.39, 0.29) is 12.2 Å². The number of aromatic carboxylic acids is 1. The monoisotopic (exact) mass is 276 g/mol. The summed E-state index contributed by atoms with van der Waals surface area (Å²) in [5, 5.41) is 12.9. The maximum atomic E-state index is 11.1. The van der Waals surface area contributed by atoms with E-state index in [1.807, 2.05) is 13.8 Å². The lowest BCUT2D eigenvalue weighted by Gasteiger charge is -2.07. The molecule has 0 saturated heterocycles. The van der Waals surface area contributed by atoms with Crippen LogP contribution in [0.25, 0.3) is 0 Å². The molecule has 0 atom stereocenters. The molecule has 6 heteroatoms. The van der Waals surface area contributed by atoms with Crippen molar-refractivity contribution in [1.82, 2.24) is 10.1 Å². The van der Waals surface area contributed by atoms with E-state index in [9.17, 15) is 4.79 Å². The van der Waals surface area contributed by atoms with Gasteiger partial charge >= 0.3 is 5.97 Å². The number of carbonyl (C=O) groups is 1. The van der Waals surface area contributed by atoms with Crippen LogP contribution in [0.3, 0.4) is 0 Å². The zero-order valence-electron chi connectivity index (χ0n) is 11.4. The number of nitrogens with zero attached hydrogens (tertiary/aromatic N) is 2.